The Morgan fingerprint density at radius 1 is 1.10 bits per heavy atom. The van der Waals surface area contributed by atoms with E-state index >= 15 is 0 Å². The summed E-state index contributed by atoms with van der Waals surface area (Å²) >= 11 is 0. The number of ether oxygens (including phenoxy) is 1. The number of aromatic nitrogens is 2. The highest BCUT2D eigenvalue weighted by Crippen LogP contribution is 2.31. The van der Waals surface area contributed by atoms with E-state index in [1.165, 1.54) is 0 Å². The van der Waals surface area contributed by atoms with E-state index in [9.17, 15) is 9.59 Å². The van der Waals surface area contributed by atoms with Gasteiger partial charge in [0.25, 0.3) is 5.91 Å². The van der Waals surface area contributed by atoms with E-state index in [4.69, 9.17) is 9.26 Å². The molecule has 4 rings (SSSR count). The van der Waals surface area contributed by atoms with E-state index in [-0.39, 0.29) is 18.3 Å². The van der Waals surface area contributed by atoms with Crippen LogP contribution in [0, 0.1) is 0 Å². The molecule has 2 heterocycles. The van der Waals surface area contributed by atoms with Crippen molar-refractivity contribution in [3.05, 3.63) is 65.5 Å². The molecule has 3 amide bonds. The van der Waals surface area contributed by atoms with Gasteiger partial charge in [-0.1, -0.05) is 43.3 Å². The molecule has 2 aromatic carbocycles. The average molecular weight is 420 g/mol. The Morgan fingerprint density at radius 3 is 2.39 bits per heavy atom. The molecule has 0 aliphatic carbocycles. The second-order valence-corrected chi connectivity index (χ2v) is 7.96. The number of carbonyl (C=O) groups excluding carboxylic acids is 2. The summed E-state index contributed by atoms with van der Waals surface area (Å²) < 4.78 is 10.4. The SMILES string of the molecule is COc1ccc(-c2noc(CN3C(=O)N[C@](C)(c4ccc(C(C)C)cc4)C3=O)n2)cc1. The van der Waals surface area contributed by atoms with Crippen LogP contribution in [0.25, 0.3) is 11.4 Å². The van der Waals surface area contributed by atoms with Crippen molar-refractivity contribution in [3.63, 3.8) is 0 Å². The second kappa shape index (κ2) is 7.86. The van der Waals surface area contributed by atoms with Gasteiger partial charge in [0.15, 0.2) is 0 Å². The third kappa shape index (κ3) is 3.76. The van der Waals surface area contributed by atoms with Crippen LogP contribution in [-0.4, -0.2) is 34.1 Å². The summed E-state index contributed by atoms with van der Waals surface area (Å²) in [6.07, 6.45) is 0. The highest BCUT2D eigenvalue weighted by atomic mass is 16.5. The normalized spacial score (nSPS) is 18.5. The molecule has 1 aliphatic heterocycles. The molecule has 1 N–H and O–H groups in total. The Hall–Kier alpha value is -3.68. The quantitative estimate of drug-likeness (QED) is 0.609. The summed E-state index contributed by atoms with van der Waals surface area (Å²) in [5.74, 6) is 1.28. The van der Waals surface area contributed by atoms with Crippen LogP contribution in [-0.2, 0) is 16.9 Å². The summed E-state index contributed by atoms with van der Waals surface area (Å²) in [6.45, 7) is 5.80. The van der Waals surface area contributed by atoms with Crippen LogP contribution in [0.5, 0.6) is 5.75 Å². The number of hydrogen-bond donors (Lipinski definition) is 1. The third-order valence-electron chi connectivity index (χ3n) is 5.54. The average Bonchev–Trinajstić information content (AvgIpc) is 3.33. The number of hydrogen-bond acceptors (Lipinski definition) is 6. The predicted molar refractivity (Wildman–Crippen MR) is 113 cm³/mol. The molecule has 1 aliphatic rings. The van der Waals surface area contributed by atoms with Crippen molar-refractivity contribution in [3.8, 4) is 17.1 Å². The fraction of sp³-hybridized carbons (Fsp3) is 0.304. The van der Waals surface area contributed by atoms with Crippen LogP contribution >= 0.6 is 0 Å². The van der Waals surface area contributed by atoms with Gasteiger partial charge in [-0.15, -0.1) is 0 Å². The van der Waals surface area contributed by atoms with E-state index in [1.54, 1.807) is 38.3 Å². The maximum atomic E-state index is 13.1. The van der Waals surface area contributed by atoms with E-state index in [0.717, 1.165) is 21.6 Å². The Kier molecular flexibility index (Phi) is 5.22. The molecular weight excluding hydrogens is 396 g/mol. The van der Waals surface area contributed by atoms with Crippen molar-refractivity contribution in [2.24, 2.45) is 0 Å². The van der Waals surface area contributed by atoms with Crippen molar-refractivity contribution in [2.45, 2.75) is 38.8 Å². The van der Waals surface area contributed by atoms with Crippen LogP contribution in [0.15, 0.2) is 53.1 Å². The first kappa shape index (κ1) is 20.6. The molecule has 160 valence electrons. The minimum atomic E-state index is -1.15. The van der Waals surface area contributed by atoms with Gasteiger partial charge in [0.2, 0.25) is 11.7 Å². The van der Waals surface area contributed by atoms with Gasteiger partial charge < -0.3 is 14.6 Å². The zero-order valence-corrected chi connectivity index (χ0v) is 17.9. The Balaban J connectivity index is 1.52. The van der Waals surface area contributed by atoms with E-state index in [2.05, 4.69) is 29.3 Å². The van der Waals surface area contributed by atoms with Crippen LogP contribution in [0.3, 0.4) is 0 Å². The lowest BCUT2D eigenvalue weighted by molar-refractivity contribution is -0.131. The largest absolute Gasteiger partial charge is 0.497 e. The van der Waals surface area contributed by atoms with Crippen LogP contribution in [0.4, 0.5) is 4.79 Å². The van der Waals surface area contributed by atoms with Gasteiger partial charge in [-0.3, -0.25) is 9.69 Å². The van der Waals surface area contributed by atoms with Gasteiger partial charge in [-0.25, -0.2) is 4.79 Å². The standard InChI is InChI=1S/C23H24N4O4/c1-14(2)15-5-9-17(10-6-15)23(3)21(28)27(22(29)25-23)13-19-24-20(26-31-19)16-7-11-18(30-4)12-8-16/h5-12,14H,13H2,1-4H3,(H,25,29)/t23-/m1/s1. The molecule has 0 spiro atoms. The van der Waals surface area contributed by atoms with Gasteiger partial charge in [-0.2, -0.15) is 4.98 Å². The number of methoxy groups -OCH3 is 1. The summed E-state index contributed by atoms with van der Waals surface area (Å²) in [7, 11) is 1.59. The van der Waals surface area contributed by atoms with Gasteiger partial charge >= 0.3 is 6.03 Å². The number of amides is 3. The van der Waals surface area contributed by atoms with Gasteiger partial charge in [0, 0.05) is 5.56 Å². The monoisotopic (exact) mass is 420 g/mol. The smallest absolute Gasteiger partial charge is 0.325 e. The lowest BCUT2D eigenvalue weighted by Gasteiger charge is -2.22. The van der Waals surface area contributed by atoms with E-state index in [1.807, 2.05) is 24.3 Å². The molecule has 3 aromatic rings. The summed E-state index contributed by atoms with van der Waals surface area (Å²) in [5, 5.41) is 6.76. The molecule has 0 bridgehead atoms. The van der Waals surface area contributed by atoms with Crippen molar-refractivity contribution in [2.75, 3.05) is 7.11 Å². The lowest BCUT2D eigenvalue weighted by Crippen LogP contribution is -2.40. The predicted octanol–water partition coefficient (Wildman–Crippen LogP) is 3.84. The zero-order valence-electron chi connectivity index (χ0n) is 17.9. The molecule has 31 heavy (non-hydrogen) atoms. The number of carbonyl (C=O) groups is 2. The molecule has 1 fully saturated rings. The molecule has 1 aromatic heterocycles. The fourth-order valence-corrected chi connectivity index (χ4v) is 3.55. The molecule has 0 unspecified atom stereocenters. The minimum Gasteiger partial charge on any atom is -0.497 e. The number of nitrogens with one attached hydrogen (secondary N) is 1. The fourth-order valence-electron chi connectivity index (χ4n) is 3.55. The maximum Gasteiger partial charge on any atom is 0.325 e. The van der Waals surface area contributed by atoms with Crippen LogP contribution < -0.4 is 10.1 Å². The summed E-state index contributed by atoms with van der Waals surface area (Å²) in [6, 6.07) is 14.4. The molecular formula is C23H24N4O4. The highest BCUT2D eigenvalue weighted by Gasteiger charge is 2.49. The third-order valence-corrected chi connectivity index (χ3v) is 5.54. The Morgan fingerprint density at radius 2 is 1.77 bits per heavy atom. The summed E-state index contributed by atoms with van der Waals surface area (Å²) in [4.78, 5) is 31.2. The number of benzene rings is 2. The minimum absolute atomic E-state index is 0.104. The van der Waals surface area contributed by atoms with Gasteiger partial charge in [0.1, 0.15) is 17.8 Å². The van der Waals surface area contributed by atoms with Crippen molar-refractivity contribution >= 4 is 11.9 Å². The number of nitrogens with zero attached hydrogens (tertiary/aromatic N) is 3. The molecule has 0 saturated carbocycles. The van der Waals surface area contributed by atoms with Crippen LogP contribution in [0.1, 0.15) is 43.7 Å². The zero-order chi connectivity index (χ0) is 22.2. The molecule has 8 nitrogen and oxygen atoms in total. The molecule has 1 saturated heterocycles. The van der Waals surface area contributed by atoms with Gasteiger partial charge in [-0.05, 0) is 48.2 Å². The second-order valence-electron chi connectivity index (χ2n) is 7.96. The van der Waals surface area contributed by atoms with Crippen molar-refractivity contribution in [1.29, 1.82) is 0 Å². The van der Waals surface area contributed by atoms with E-state index in [0.29, 0.717) is 17.5 Å². The molecule has 1 atom stereocenters. The highest BCUT2D eigenvalue weighted by molar-refractivity contribution is 6.07. The van der Waals surface area contributed by atoms with Crippen molar-refractivity contribution in [1.82, 2.24) is 20.4 Å². The first-order valence-corrected chi connectivity index (χ1v) is 10.0. The molecule has 0 radical (unpaired) electrons. The number of imide groups is 1. The first-order chi connectivity index (χ1) is 14.8. The van der Waals surface area contributed by atoms with Gasteiger partial charge in [0.05, 0.1) is 7.11 Å². The lowest BCUT2D eigenvalue weighted by atomic mass is 9.90. The van der Waals surface area contributed by atoms with E-state index < -0.39 is 11.6 Å². The first-order valence-electron chi connectivity index (χ1n) is 10.0. The summed E-state index contributed by atoms with van der Waals surface area (Å²) in [5.41, 5.74) is 1.48. The van der Waals surface area contributed by atoms with Crippen molar-refractivity contribution < 1.29 is 18.8 Å². The Labute approximate surface area is 180 Å². The molecule has 8 heteroatoms. The van der Waals surface area contributed by atoms with Crippen LogP contribution in [0.2, 0.25) is 0 Å². The number of rotatable bonds is 6. The maximum absolute atomic E-state index is 13.1. The Bertz CT molecular complexity index is 1110. The topological polar surface area (TPSA) is 97.6 Å². The number of urea groups is 1.